The number of aromatic hydroxyl groups is 1. The van der Waals surface area contributed by atoms with Crippen LogP contribution in [0.2, 0.25) is 0 Å². The average Bonchev–Trinajstić information content (AvgIpc) is 3.94. The number of carbonyl (C=O) groups is 4. The van der Waals surface area contributed by atoms with Crippen LogP contribution in [0, 0.1) is 10.8 Å². The van der Waals surface area contributed by atoms with E-state index in [9.17, 15) is 24.3 Å². The van der Waals surface area contributed by atoms with Gasteiger partial charge >= 0.3 is 0 Å². The zero-order valence-corrected chi connectivity index (χ0v) is 35.0. The SMILES string of the molecule is CC1(C)Cc2cc(O)ccc2C1=O.COc1ccc2c(c1)CCC2=O.COc1ccc2c(c1CCN1CCC(n3ccc4ccc(C(N)=O)cc43)CC1)CC(C)(C)C2=O. The Morgan fingerprint density at radius 3 is 2.19 bits per heavy atom. The van der Waals surface area contributed by atoms with Crippen molar-refractivity contribution in [3.8, 4) is 17.2 Å². The van der Waals surface area contributed by atoms with Crippen LogP contribution in [-0.4, -0.2) is 71.7 Å². The number of piperidine rings is 1. The highest BCUT2D eigenvalue weighted by Gasteiger charge is 2.40. The Balaban J connectivity index is 0.000000171. The molecule has 1 saturated heterocycles. The molecule has 0 unspecified atom stereocenters. The van der Waals surface area contributed by atoms with Crippen molar-refractivity contribution < 1.29 is 33.8 Å². The second-order valence-corrected chi connectivity index (χ2v) is 17.5. The van der Waals surface area contributed by atoms with E-state index in [1.807, 2.05) is 70.2 Å². The number of ketones is 3. The van der Waals surface area contributed by atoms with Crippen LogP contribution < -0.4 is 15.2 Å². The highest BCUT2D eigenvalue weighted by atomic mass is 16.5. The zero-order chi connectivity index (χ0) is 42.2. The number of hydrogen-bond donors (Lipinski definition) is 2. The third kappa shape index (κ3) is 8.41. The molecule has 308 valence electrons. The van der Waals surface area contributed by atoms with Gasteiger partial charge in [-0.15, -0.1) is 0 Å². The maximum atomic E-state index is 12.8. The molecule has 2 heterocycles. The number of benzene rings is 4. The molecule has 1 aromatic heterocycles. The first-order valence-electron chi connectivity index (χ1n) is 20.5. The number of carbonyl (C=O) groups excluding carboxylic acids is 4. The summed E-state index contributed by atoms with van der Waals surface area (Å²) >= 11 is 0. The predicted octanol–water partition coefficient (Wildman–Crippen LogP) is 8.37. The number of nitrogens with zero attached hydrogens (tertiary/aromatic N) is 2. The Kier molecular flexibility index (Phi) is 11.6. The Morgan fingerprint density at radius 1 is 0.780 bits per heavy atom. The van der Waals surface area contributed by atoms with Crippen molar-refractivity contribution in [1.82, 2.24) is 9.47 Å². The molecule has 0 bridgehead atoms. The molecule has 3 N–H and O–H groups in total. The summed E-state index contributed by atoms with van der Waals surface area (Å²) in [6, 6.07) is 22.7. The lowest BCUT2D eigenvalue weighted by Crippen LogP contribution is -2.36. The number of phenols is 1. The summed E-state index contributed by atoms with van der Waals surface area (Å²) in [7, 11) is 3.35. The average molecular weight is 798 g/mol. The van der Waals surface area contributed by atoms with Crippen LogP contribution in [-0.2, 0) is 25.7 Å². The number of likely N-dealkylation sites (tertiary alicyclic amines) is 1. The molecule has 0 saturated carbocycles. The van der Waals surface area contributed by atoms with Crippen LogP contribution in [0.3, 0.4) is 0 Å². The number of nitrogens with two attached hydrogens (primary N) is 1. The lowest BCUT2D eigenvalue weighted by atomic mass is 9.88. The van der Waals surface area contributed by atoms with E-state index in [0.717, 1.165) is 108 Å². The van der Waals surface area contributed by atoms with Crippen molar-refractivity contribution in [2.24, 2.45) is 16.6 Å². The van der Waals surface area contributed by atoms with Gasteiger partial charge < -0.3 is 29.8 Å². The van der Waals surface area contributed by atoms with Gasteiger partial charge in [-0.05, 0) is 133 Å². The molecular weight excluding hydrogens is 743 g/mol. The number of methoxy groups -OCH3 is 2. The second kappa shape index (κ2) is 16.5. The first-order valence-corrected chi connectivity index (χ1v) is 20.5. The number of Topliss-reactive ketones (excluding diaryl/α,β-unsaturated/α-hetero) is 3. The minimum absolute atomic E-state index is 0.183. The molecule has 0 radical (unpaired) electrons. The fraction of sp³-hybridized carbons (Fsp3) is 0.388. The summed E-state index contributed by atoms with van der Waals surface area (Å²) < 4.78 is 13.1. The van der Waals surface area contributed by atoms with Crippen LogP contribution >= 0.6 is 0 Å². The fourth-order valence-corrected chi connectivity index (χ4v) is 9.18. The van der Waals surface area contributed by atoms with Gasteiger partial charge in [-0.25, -0.2) is 0 Å². The topological polar surface area (TPSA) is 141 Å². The Hall–Kier alpha value is -5.74. The molecule has 59 heavy (non-hydrogen) atoms. The molecule has 1 amide bonds. The lowest BCUT2D eigenvalue weighted by molar-refractivity contribution is 0.0857. The number of aryl methyl sites for hydroxylation is 1. The van der Waals surface area contributed by atoms with E-state index in [1.54, 1.807) is 38.5 Å². The van der Waals surface area contributed by atoms with Crippen LogP contribution in [0.1, 0.15) is 117 Å². The highest BCUT2D eigenvalue weighted by Crippen LogP contribution is 2.41. The number of aromatic nitrogens is 1. The van der Waals surface area contributed by atoms with E-state index < -0.39 is 5.91 Å². The summed E-state index contributed by atoms with van der Waals surface area (Å²) in [5.74, 6) is 2.26. The van der Waals surface area contributed by atoms with Crippen LogP contribution in [0.25, 0.3) is 10.9 Å². The van der Waals surface area contributed by atoms with Gasteiger partial charge in [0.2, 0.25) is 5.91 Å². The first-order chi connectivity index (χ1) is 28.1. The molecule has 4 aliphatic rings. The minimum Gasteiger partial charge on any atom is -0.508 e. The second-order valence-electron chi connectivity index (χ2n) is 17.5. The number of hydrogen-bond acceptors (Lipinski definition) is 8. The molecule has 0 atom stereocenters. The first kappa shape index (κ1) is 41.4. The van der Waals surface area contributed by atoms with Gasteiger partial charge in [0.05, 0.1) is 14.2 Å². The number of amides is 1. The smallest absolute Gasteiger partial charge is 0.248 e. The number of fused-ring (bicyclic) bond motifs is 4. The van der Waals surface area contributed by atoms with Crippen molar-refractivity contribution >= 4 is 34.2 Å². The predicted molar refractivity (Wildman–Crippen MR) is 229 cm³/mol. The van der Waals surface area contributed by atoms with E-state index in [0.29, 0.717) is 18.0 Å². The molecule has 5 aromatic rings. The van der Waals surface area contributed by atoms with Crippen LogP contribution in [0.5, 0.6) is 17.2 Å². The quantitative estimate of drug-likeness (QED) is 0.167. The zero-order valence-electron chi connectivity index (χ0n) is 35.0. The summed E-state index contributed by atoms with van der Waals surface area (Å²) in [6.45, 7) is 10.9. The molecular formula is C49H55N3O7. The molecule has 9 rings (SSSR count). The molecule has 1 fully saturated rings. The maximum absolute atomic E-state index is 12.8. The third-order valence-electron chi connectivity index (χ3n) is 12.5. The molecule has 10 heteroatoms. The Bertz CT molecular complexity index is 2450. The monoisotopic (exact) mass is 797 g/mol. The molecule has 3 aliphatic carbocycles. The summed E-state index contributed by atoms with van der Waals surface area (Å²) in [4.78, 5) is 49.9. The van der Waals surface area contributed by atoms with Crippen molar-refractivity contribution in [3.05, 3.63) is 124 Å². The van der Waals surface area contributed by atoms with Crippen LogP contribution in [0.15, 0.2) is 79.0 Å². The van der Waals surface area contributed by atoms with E-state index in [4.69, 9.17) is 15.2 Å². The Labute approximate surface area is 346 Å². The van der Waals surface area contributed by atoms with Gasteiger partial charge in [0, 0.05) is 76.9 Å². The normalized spacial score (nSPS) is 17.7. The molecule has 10 nitrogen and oxygen atoms in total. The van der Waals surface area contributed by atoms with Gasteiger partial charge in [-0.3, -0.25) is 19.2 Å². The van der Waals surface area contributed by atoms with Gasteiger partial charge in [0.25, 0.3) is 0 Å². The molecule has 1 aliphatic heterocycles. The van der Waals surface area contributed by atoms with Gasteiger partial charge in [0.15, 0.2) is 17.3 Å². The summed E-state index contributed by atoms with van der Waals surface area (Å²) in [6.07, 6.45) is 8.16. The van der Waals surface area contributed by atoms with Gasteiger partial charge in [-0.1, -0.05) is 33.8 Å². The van der Waals surface area contributed by atoms with Crippen molar-refractivity contribution in [3.63, 3.8) is 0 Å². The van der Waals surface area contributed by atoms with E-state index >= 15 is 0 Å². The van der Waals surface area contributed by atoms with Crippen molar-refractivity contribution in [2.75, 3.05) is 33.9 Å². The lowest BCUT2D eigenvalue weighted by Gasteiger charge is -2.33. The third-order valence-corrected chi connectivity index (χ3v) is 12.5. The Morgan fingerprint density at radius 2 is 1.47 bits per heavy atom. The van der Waals surface area contributed by atoms with E-state index in [-0.39, 0.29) is 33.9 Å². The highest BCUT2D eigenvalue weighted by molar-refractivity contribution is 6.05. The maximum Gasteiger partial charge on any atom is 0.248 e. The van der Waals surface area contributed by atoms with Gasteiger partial charge in [0.1, 0.15) is 17.2 Å². The summed E-state index contributed by atoms with van der Waals surface area (Å²) in [5.41, 5.74) is 13.5. The van der Waals surface area contributed by atoms with Crippen molar-refractivity contribution in [1.29, 1.82) is 0 Å². The fourth-order valence-electron chi connectivity index (χ4n) is 9.18. The molecule has 4 aromatic carbocycles. The largest absolute Gasteiger partial charge is 0.508 e. The number of primary amides is 1. The standard InChI is InChI=1S/C28H33N3O3.C11H12O2.C10H10O2/c1-28(2)17-23-21(25(34-3)7-6-22(23)26(28)32)11-14-30-12-9-20(10-13-30)31-15-8-18-4-5-19(27(29)33)16-24(18)31;1-11(2)6-7-5-8(12)3-4-9(7)10(11)13;1-12-8-3-4-9-7(6-8)2-5-10(9)11/h4-8,15-16,20H,9-14,17H2,1-3H3,(H2,29,33);3-5,12H,6H2,1-2H3;3-4,6H,2,5H2,1H3. The van der Waals surface area contributed by atoms with Crippen molar-refractivity contribution in [2.45, 2.75) is 78.7 Å². The number of rotatable bonds is 7. The minimum atomic E-state index is -0.391. The number of ether oxygens (including phenoxy) is 2. The number of phenolic OH excluding ortho intramolecular Hbond substituents is 1. The van der Waals surface area contributed by atoms with Gasteiger partial charge in [-0.2, -0.15) is 0 Å². The summed E-state index contributed by atoms with van der Waals surface area (Å²) in [5, 5.41) is 10.4. The van der Waals surface area contributed by atoms with Crippen LogP contribution in [0.4, 0.5) is 0 Å². The molecule has 0 spiro atoms. The van der Waals surface area contributed by atoms with E-state index in [1.165, 1.54) is 11.1 Å². The van der Waals surface area contributed by atoms with E-state index in [2.05, 4.69) is 21.7 Å².